The van der Waals surface area contributed by atoms with Gasteiger partial charge in [0.05, 0.1) is 0 Å². The van der Waals surface area contributed by atoms with Crippen molar-refractivity contribution in [2.24, 2.45) is 0 Å². The summed E-state index contributed by atoms with van der Waals surface area (Å²) in [6.45, 7) is 0. The molecule has 0 fully saturated rings. The van der Waals surface area contributed by atoms with Crippen LogP contribution in [0.15, 0.2) is 199 Å². The molecule has 0 spiro atoms. The van der Waals surface area contributed by atoms with Crippen molar-refractivity contribution in [3.63, 3.8) is 0 Å². The fourth-order valence-electron chi connectivity index (χ4n) is 8.43. The molecule has 234 valence electrons. The Labute approximate surface area is 292 Å². The molecule has 50 heavy (non-hydrogen) atoms. The Morgan fingerprint density at radius 3 is 1.22 bits per heavy atom. The highest BCUT2D eigenvalue weighted by Crippen LogP contribution is 2.47. The zero-order chi connectivity index (χ0) is 33.1. The Hall–Kier alpha value is -6.22. The molecule has 1 aliphatic carbocycles. The van der Waals surface area contributed by atoms with E-state index in [4.69, 9.17) is 4.42 Å². The molecule has 10 rings (SSSR count). The van der Waals surface area contributed by atoms with E-state index in [0.717, 1.165) is 21.9 Å². The van der Waals surface area contributed by atoms with E-state index in [-0.39, 0.29) is 0 Å². The number of hydrogen-bond donors (Lipinski definition) is 0. The average Bonchev–Trinajstić information content (AvgIpc) is 3.57. The summed E-state index contributed by atoms with van der Waals surface area (Å²) in [5.74, 6) is 0. The quantitative estimate of drug-likeness (QED) is 0.136. The molecule has 1 aliphatic rings. The van der Waals surface area contributed by atoms with Crippen LogP contribution in [-0.2, 0) is 0 Å². The van der Waals surface area contributed by atoms with Crippen LogP contribution in [0.1, 0.15) is 0 Å². The Balaban J connectivity index is 1.34. The lowest BCUT2D eigenvalue weighted by molar-refractivity contribution is 0.669. The molecule has 8 aromatic carbocycles. The molecular formula is C48H32OSi. The zero-order valence-corrected chi connectivity index (χ0v) is 28.4. The zero-order valence-electron chi connectivity index (χ0n) is 27.4. The summed E-state index contributed by atoms with van der Waals surface area (Å²) < 4.78 is 6.35. The molecule has 0 unspecified atom stereocenters. The van der Waals surface area contributed by atoms with Crippen LogP contribution in [0.25, 0.3) is 66.4 Å². The summed E-state index contributed by atoms with van der Waals surface area (Å²) in [6.07, 6.45) is 0. The number of hydrogen-bond acceptors (Lipinski definition) is 1. The molecule has 0 atom stereocenters. The summed E-state index contributed by atoms with van der Waals surface area (Å²) in [4.78, 5) is 0. The van der Waals surface area contributed by atoms with Crippen molar-refractivity contribution >= 4 is 50.8 Å². The third-order valence-corrected chi connectivity index (χ3v) is 15.4. The highest BCUT2D eigenvalue weighted by atomic mass is 28.3. The Bertz CT molecular complexity index is 2660. The van der Waals surface area contributed by atoms with Gasteiger partial charge in [-0.05, 0) is 77.4 Å². The van der Waals surface area contributed by atoms with E-state index in [2.05, 4.69) is 188 Å². The maximum atomic E-state index is 6.35. The van der Waals surface area contributed by atoms with Crippen LogP contribution in [0, 0.1) is 0 Å². The minimum absolute atomic E-state index is 0.918. The van der Waals surface area contributed by atoms with Crippen LogP contribution in [0.3, 0.4) is 0 Å². The molecule has 0 amide bonds. The predicted molar refractivity (Wildman–Crippen MR) is 213 cm³/mol. The number of rotatable bonds is 4. The van der Waals surface area contributed by atoms with E-state index in [0.29, 0.717) is 0 Å². The first kappa shape index (κ1) is 28.8. The molecule has 0 bridgehead atoms. The van der Waals surface area contributed by atoms with Crippen LogP contribution in [-0.4, -0.2) is 8.07 Å². The lowest BCUT2D eigenvalue weighted by atomic mass is 9.81. The van der Waals surface area contributed by atoms with Gasteiger partial charge in [0.15, 0.2) is 8.07 Å². The van der Waals surface area contributed by atoms with Crippen molar-refractivity contribution in [1.29, 1.82) is 0 Å². The molecular weight excluding hydrogens is 621 g/mol. The van der Waals surface area contributed by atoms with Gasteiger partial charge < -0.3 is 4.42 Å². The van der Waals surface area contributed by atoms with Gasteiger partial charge in [-0.1, -0.05) is 182 Å². The van der Waals surface area contributed by atoms with E-state index in [1.54, 1.807) is 0 Å². The standard InChI is InChI=1S/C48H32OSi/c1-3-15-33(16-4-1)50(34-17-5-2-6-18-34,36-28-30-48-46(32-36)44-25-13-14-26-47(44)49-48)35-27-29-43-41-23-10-9-21-39(41)37-19-7-8-20-38(37)40-22-11-12-24-42(40)45(43)31-35/h1-32H. The molecule has 0 aliphatic heterocycles. The van der Waals surface area contributed by atoms with Crippen LogP contribution >= 0.6 is 0 Å². The van der Waals surface area contributed by atoms with Gasteiger partial charge in [0, 0.05) is 10.8 Å². The number of fused-ring (bicyclic) bond motifs is 11. The topological polar surface area (TPSA) is 13.1 Å². The lowest BCUT2D eigenvalue weighted by Crippen LogP contribution is -2.74. The monoisotopic (exact) mass is 652 g/mol. The fourth-order valence-corrected chi connectivity index (χ4v) is 13.2. The van der Waals surface area contributed by atoms with Crippen molar-refractivity contribution in [2.75, 3.05) is 0 Å². The van der Waals surface area contributed by atoms with E-state index in [9.17, 15) is 0 Å². The third kappa shape index (κ3) is 4.25. The van der Waals surface area contributed by atoms with Gasteiger partial charge in [-0.3, -0.25) is 0 Å². The van der Waals surface area contributed by atoms with E-state index >= 15 is 0 Å². The van der Waals surface area contributed by atoms with Gasteiger partial charge in [0.2, 0.25) is 0 Å². The lowest BCUT2D eigenvalue weighted by Gasteiger charge is -2.35. The number of furan rings is 1. The first-order chi connectivity index (χ1) is 24.8. The summed E-state index contributed by atoms with van der Waals surface area (Å²) in [7, 11) is -2.89. The SMILES string of the molecule is c1ccc([Si](c2ccccc2)(c2ccc3c(c2)-c2ccccc2-c2ccccc2-c2ccccc2-3)c2ccc3oc4ccccc4c3c2)cc1. The van der Waals surface area contributed by atoms with Gasteiger partial charge in [-0.25, -0.2) is 0 Å². The van der Waals surface area contributed by atoms with Crippen molar-refractivity contribution in [1.82, 2.24) is 0 Å². The van der Waals surface area contributed by atoms with Gasteiger partial charge in [-0.2, -0.15) is 0 Å². The van der Waals surface area contributed by atoms with Crippen LogP contribution < -0.4 is 20.7 Å². The molecule has 1 aromatic heterocycles. The fraction of sp³-hybridized carbons (Fsp3) is 0. The van der Waals surface area contributed by atoms with Crippen molar-refractivity contribution in [3.05, 3.63) is 194 Å². The van der Waals surface area contributed by atoms with E-state index in [1.165, 1.54) is 65.3 Å². The maximum absolute atomic E-state index is 6.35. The Morgan fingerprint density at radius 1 is 0.260 bits per heavy atom. The van der Waals surface area contributed by atoms with Crippen LogP contribution in [0.4, 0.5) is 0 Å². The third-order valence-electron chi connectivity index (χ3n) is 10.6. The Kier molecular flexibility index (Phi) is 6.58. The second-order valence-corrected chi connectivity index (χ2v) is 17.0. The molecule has 0 radical (unpaired) electrons. The smallest absolute Gasteiger partial charge is 0.179 e. The van der Waals surface area contributed by atoms with Crippen molar-refractivity contribution in [3.8, 4) is 44.5 Å². The van der Waals surface area contributed by atoms with Crippen molar-refractivity contribution < 1.29 is 4.42 Å². The maximum Gasteiger partial charge on any atom is 0.179 e. The molecule has 1 heterocycles. The van der Waals surface area contributed by atoms with Crippen LogP contribution in [0.5, 0.6) is 0 Å². The largest absolute Gasteiger partial charge is 0.456 e. The van der Waals surface area contributed by atoms with Crippen LogP contribution in [0.2, 0.25) is 0 Å². The predicted octanol–water partition coefficient (Wildman–Crippen LogP) is 9.94. The number of benzene rings is 8. The summed E-state index contributed by atoms with van der Waals surface area (Å²) in [5, 5.41) is 7.69. The van der Waals surface area contributed by atoms with E-state index in [1.807, 2.05) is 6.07 Å². The second-order valence-electron chi connectivity index (χ2n) is 13.2. The van der Waals surface area contributed by atoms with Crippen molar-refractivity contribution in [2.45, 2.75) is 0 Å². The molecule has 0 saturated heterocycles. The molecule has 0 saturated carbocycles. The summed E-state index contributed by atoms with van der Waals surface area (Å²) in [5.41, 5.74) is 11.9. The van der Waals surface area contributed by atoms with Gasteiger partial charge in [-0.15, -0.1) is 0 Å². The summed E-state index contributed by atoms with van der Waals surface area (Å²) >= 11 is 0. The average molecular weight is 653 g/mol. The first-order valence-electron chi connectivity index (χ1n) is 17.3. The van der Waals surface area contributed by atoms with Gasteiger partial charge in [0.25, 0.3) is 0 Å². The highest BCUT2D eigenvalue weighted by Gasteiger charge is 2.42. The molecule has 1 nitrogen and oxygen atoms in total. The first-order valence-corrected chi connectivity index (χ1v) is 19.3. The second kappa shape index (κ2) is 11.4. The summed E-state index contributed by atoms with van der Waals surface area (Å²) in [6, 6.07) is 71.8. The molecule has 0 N–H and O–H groups in total. The molecule has 2 heteroatoms. The van der Waals surface area contributed by atoms with E-state index < -0.39 is 8.07 Å². The normalized spacial score (nSPS) is 12.0. The highest BCUT2D eigenvalue weighted by molar-refractivity contribution is 7.20. The van der Waals surface area contributed by atoms with Gasteiger partial charge in [0.1, 0.15) is 11.2 Å². The minimum Gasteiger partial charge on any atom is -0.456 e. The molecule has 9 aromatic rings. The van der Waals surface area contributed by atoms with Gasteiger partial charge >= 0.3 is 0 Å². The Morgan fingerprint density at radius 2 is 0.660 bits per heavy atom. The minimum atomic E-state index is -2.89. The number of para-hydroxylation sites is 1.